The topological polar surface area (TPSA) is 75.4 Å². The molecule has 0 aliphatic heterocycles. The number of nitrogens with one attached hydrogen (secondary N) is 1. The Balaban J connectivity index is 2.23. The Bertz CT molecular complexity index is 354. The van der Waals surface area contributed by atoms with E-state index in [0.717, 1.165) is 5.56 Å². The third-order valence-electron chi connectivity index (χ3n) is 2.37. The van der Waals surface area contributed by atoms with Crippen LogP contribution in [0.3, 0.4) is 0 Å². The van der Waals surface area contributed by atoms with Crippen LogP contribution in [0, 0.1) is 0 Å². The van der Waals surface area contributed by atoms with Crippen LogP contribution in [0.5, 0.6) is 0 Å². The molecule has 0 fully saturated rings. The number of hydrogen-bond donors (Lipinski definition) is 3. The van der Waals surface area contributed by atoms with Crippen molar-refractivity contribution in [1.29, 1.82) is 0 Å². The lowest BCUT2D eigenvalue weighted by molar-refractivity contribution is -0.118. The SMILES string of the molecule is NC(=O)CCCNCC(O)c1ccc(Cl)cc1. The van der Waals surface area contributed by atoms with Gasteiger partial charge in [-0.05, 0) is 30.7 Å². The molecule has 1 amide bonds. The van der Waals surface area contributed by atoms with Crippen LogP contribution in [0.15, 0.2) is 24.3 Å². The van der Waals surface area contributed by atoms with Gasteiger partial charge in [0.1, 0.15) is 0 Å². The summed E-state index contributed by atoms with van der Waals surface area (Å²) in [6, 6.07) is 7.07. The number of amides is 1. The number of halogens is 1. The van der Waals surface area contributed by atoms with Crippen LogP contribution >= 0.6 is 11.6 Å². The first-order chi connectivity index (χ1) is 8.09. The van der Waals surface area contributed by atoms with Crippen molar-refractivity contribution in [1.82, 2.24) is 5.32 Å². The lowest BCUT2D eigenvalue weighted by Crippen LogP contribution is -2.23. The fourth-order valence-corrected chi connectivity index (χ4v) is 1.56. The molecule has 0 saturated heterocycles. The van der Waals surface area contributed by atoms with Crippen molar-refractivity contribution in [2.24, 2.45) is 5.73 Å². The Labute approximate surface area is 106 Å². The number of nitrogens with two attached hydrogens (primary N) is 1. The number of aliphatic hydroxyl groups excluding tert-OH is 1. The second-order valence-electron chi connectivity index (χ2n) is 3.84. The number of carbonyl (C=O) groups excluding carboxylic acids is 1. The van der Waals surface area contributed by atoms with Gasteiger partial charge >= 0.3 is 0 Å². The fraction of sp³-hybridized carbons (Fsp3) is 0.417. The predicted molar refractivity (Wildman–Crippen MR) is 67.7 cm³/mol. The second kappa shape index (κ2) is 7.27. The summed E-state index contributed by atoms with van der Waals surface area (Å²) in [7, 11) is 0. The predicted octanol–water partition coefficient (Wildman–Crippen LogP) is 1.23. The van der Waals surface area contributed by atoms with E-state index in [0.29, 0.717) is 31.0 Å². The lowest BCUT2D eigenvalue weighted by Gasteiger charge is -2.12. The third-order valence-corrected chi connectivity index (χ3v) is 2.62. The Morgan fingerprint density at radius 3 is 2.65 bits per heavy atom. The van der Waals surface area contributed by atoms with Gasteiger partial charge in [-0.1, -0.05) is 23.7 Å². The van der Waals surface area contributed by atoms with Gasteiger partial charge in [-0.2, -0.15) is 0 Å². The Morgan fingerprint density at radius 1 is 1.41 bits per heavy atom. The summed E-state index contributed by atoms with van der Waals surface area (Å²) in [5, 5.41) is 13.5. The van der Waals surface area contributed by atoms with Gasteiger partial charge in [0.05, 0.1) is 6.10 Å². The summed E-state index contributed by atoms with van der Waals surface area (Å²) < 4.78 is 0. The molecule has 94 valence electrons. The van der Waals surface area contributed by atoms with Crippen LogP contribution < -0.4 is 11.1 Å². The van der Waals surface area contributed by atoms with Gasteiger partial charge in [-0.15, -0.1) is 0 Å². The summed E-state index contributed by atoms with van der Waals surface area (Å²) >= 11 is 5.75. The molecule has 0 aromatic heterocycles. The first kappa shape index (κ1) is 14.0. The number of hydrogen-bond acceptors (Lipinski definition) is 3. The summed E-state index contributed by atoms with van der Waals surface area (Å²) in [6.07, 6.45) is 0.480. The van der Waals surface area contributed by atoms with Crippen LogP contribution in [-0.4, -0.2) is 24.1 Å². The van der Waals surface area contributed by atoms with E-state index in [9.17, 15) is 9.90 Å². The highest BCUT2D eigenvalue weighted by Gasteiger charge is 2.06. The highest BCUT2D eigenvalue weighted by atomic mass is 35.5. The first-order valence-electron chi connectivity index (χ1n) is 5.52. The number of aliphatic hydroxyl groups is 1. The number of carbonyl (C=O) groups is 1. The van der Waals surface area contributed by atoms with Crippen molar-refractivity contribution in [3.8, 4) is 0 Å². The zero-order chi connectivity index (χ0) is 12.7. The van der Waals surface area contributed by atoms with Crippen LogP contribution in [0.1, 0.15) is 24.5 Å². The molecule has 0 bridgehead atoms. The highest BCUT2D eigenvalue weighted by molar-refractivity contribution is 6.30. The molecule has 1 atom stereocenters. The van der Waals surface area contributed by atoms with Crippen LogP contribution in [-0.2, 0) is 4.79 Å². The lowest BCUT2D eigenvalue weighted by atomic mass is 10.1. The summed E-state index contributed by atoms with van der Waals surface area (Å²) in [5.41, 5.74) is 5.83. The van der Waals surface area contributed by atoms with Gasteiger partial charge in [0.15, 0.2) is 0 Å². The van der Waals surface area contributed by atoms with Crippen LogP contribution in [0.4, 0.5) is 0 Å². The van der Waals surface area contributed by atoms with Crippen molar-refractivity contribution in [2.75, 3.05) is 13.1 Å². The van der Waals surface area contributed by atoms with Crippen molar-refractivity contribution < 1.29 is 9.90 Å². The smallest absolute Gasteiger partial charge is 0.217 e. The van der Waals surface area contributed by atoms with E-state index in [-0.39, 0.29) is 5.91 Å². The monoisotopic (exact) mass is 256 g/mol. The molecule has 1 aromatic carbocycles. The molecule has 0 spiro atoms. The van der Waals surface area contributed by atoms with Gasteiger partial charge in [-0.25, -0.2) is 0 Å². The largest absolute Gasteiger partial charge is 0.387 e. The van der Waals surface area contributed by atoms with Gasteiger partial charge in [0.25, 0.3) is 0 Å². The maximum Gasteiger partial charge on any atom is 0.217 e. The molecule has 17 heavy (non-hydrogen) atoms. The quantitative estimate of drug-likeness (QED) is 0.643. The van der Waals surface area contributed by atoms with E-state index >= 15 is 0 Å². The molecule has 0 radical (unpaired) electrons. The maximum atomic E-state index is 10.5. The summed E-state index contributed by atoms with van der Waals surface area (Å²) in [4.78, 5) is 10.5. The minimum absolute atomic E-state index is 0.301. The van der Waals surface area contributed by atoms with Crippen molar-refractivity contribution in [3.63, 3.8) is 0 Å². The molecule has 1 rings (SSSR count). The Hall–Kier alpha value is -1.10. The zero-order valence-corrected chi connectivity index (χ0v) is 10.3. The molecule has 5 heteroatoms. The van der Waals surface area contributed by atoms with E-state index in [1.165, 1.54) is 0 Å². The number of primary amides is 1. The van der Waals surface area contributed by atoms with Crippen molar-refractivity contribution >= 4 is 17.5 Å². The van der Waals surface area contributed by atoms with E-state index < -0.39 is 6.10 Å². The zero-order valence-electron chi connectivity index (χ0n) is 9.53. The molecule has 0 saturated carbocycles. The minimum atomic E-state index is -0.569. The average Bonchev–Trinajstić information content (AvgIpc) is 2.29. The second-order valence-corrected chi connectivity index (χ2v) is 4.28. The van der Waals surface area contributed by atoms with Gasteiger partial charge < -0.3 is 16.2 Å². The van der Waals surface area contributed by atoms with Crippen molar-refractivity contribution in [2.45, 2.75) is 18.9 Å². The maximum absolute atomic E-state index is 10.5. The minimum Gasteiger partial charge on any atom is -0.387 e. The number of rotatable bonds is 7. The fourth-order valence-electron chi connectivity index (χ4n) is 1.43. The standard InChI is InChI=1S/C12H17ClN2O2/c13-10-5-3-9(4-6-10)11(16)8-15-7-1-2-12(14)17/h3-6,11,15-16H,1-2,7-8H2,(H2,14,17). The Morgan fingerprint density at radius 2 is 2.06 bits per heavy atom. The van der Waals surface area contributed by atoms with E-state index in [1.807, 2.05) is 0 Å². The molecule has 0 heterocycles. The van der Waals surface area contributed by atoms with E-state index in [1.54, 1.807) is 24.3 Å². The molecule has 4 nitrogen and oxygen atoms in total. The molecule has 1 unspecified atom stereocenters. The molecular weight excluding hydrogens is 240 g/mol. The van der Waals surface area contributed by atoms with E-state index in [2.05, 4.69) is 5.32 Å². The van der Waals surface area contributed by atoms with Gasteiger partial charge in [0.2, 0.25) is 5.91 Å². The third kappa shape index (κ3) is 5.68. The average molecular weight is 257 g/mol. The first-order valence-corrected chi connectivity index (χ1v) is 5.90. The summed E-state index contributed by atoms with van der Waals surface area (Å²) in [5.74, 6) is -0.301. The normalized spacial score (nSPS) is 12.4. The molecule has 0 aliphatic rings. The molecule has 1 aromatic rings. The Kier molecular flexibility index (Phi) is 5.97. The molecular formula is C12H17ClN2O2. The summed E-state index contributed by atoms with van der Waals surface area (Å²) in [6.45, 7) is 1.11. The van der Waals surface area contributed by atoms with Crippen molar-refractivity contribution in [3.05, 3.63) is 34.9 Å². The highest BCUT2D eigenvalue weighted by Crippen LogP contribution is 2.15. The molecule has 0 aliphatic carbocycles. The number of benzene rings is 1. The van der Waals surface area contributed by atoms with Crippen LogP contribution in [0.25, 0.3) is 0 Å². The van der Waals surface area contributed by atoms with Gasteiger partial charge in [0, 0.05) is 18.0 Å². The van der Waals surface area contributed by atoms with E-state index in [4.69, 9.17) is 17.3 Å². The van der Waals surface area contributed by atoms with Crippen LogP contribution in [0.2, 0.25) is 5.02 Å². The molecule has 4 N–H and O–H groups in total. The van der Waals surface area contributed by atoms with Gasteiger partial charge in [-0.3, -0.25) is 4.79 Å².